The van der Waals surface area contributed by atoms with Gasteiger partial charge < -0.3 is 0 Å². The van der Waals surface area contributed by atoms with Crippen molar-refractivity contribution in [1.82, 2.24) is 0 Å². The summed E-state index contributed by atoms with van der Waals surface area (Å²) in [6, 6.07) is 0. The van der Waals surface area contributed by atoms with E-state index in [0.29, 0.717) is 34.4 Å². The van der Waals surface area contributed by atoms with Crippen molar-refractivity contribution in [3.05, 3.63) is 11.6 Å². The van der Waals surface area contributed by atoms with Crippen molar-refractivity contribution in [3.8, 4) is 0 Å². The first kappa shape index (κ1) is 22.2. The topological polar surface area (TPSA) is 17.1 Å². The Balaban J connectivity index is 1.65. The number of carbonyl (C=O) groups is 1. The summed E-state index contributed by atoms with van der Waals surface area (Å²) in [7, 11) is 0. The summed E-state index contributed by atoms with van der Waals surface area (Å²) < 4.78 is 0. The lowest BCUT2D eigenvalue weighted by Gasteiger charge is -2.70. The molecule has 0 aliphatic heterocycles. The van der Waals surface area contributed by atoms with Crippen LogP contribution in [0.1, 0.15) is 113 Å². The van der Waals surface area contributed by atoms with Gasteiger partial charge >= 0.3 is 0 Å². The monoisotopic (exact) mass is 424 g/mol. The predicted octanol–water partition coefficient (Wildman–Crippen LogP) is 8.23. The standard InChI is InChI=1S/C30H48O/c1-19-10-14-27(5)16-17-29(7)21(24(27)20(19)2)18-22(31)25-28(6)13-9-12-26(3,4)23(28)11-15-30(25,29)8/h18-20,23-25H,9-17H2,1-8H3. The number of hydrogen-bond acceptors (Lipinski definition) is 1. The van der Waals surface area contributed by atoms with Gasteiger partial charge in [0.1, 0.15) is 0 Å². The van der Waals surface area contributed by atoms with Gasteiger partial charge in [-0.15, -0.1) is 0 Å². The molecule has 0 saturated heterocycles. The van der Waals surface area contributed by atoms with Gasteiger partial charge in [-0.1, -0.05) is 67.4 Å². The molecule has 0 amide bonds. The third kappa shape index (κ3) is 2.64. The van der Waals surface area contributed by atoms with E-state index in [1.54, 1.807) is 5.57 Å². The maximum absolute atomic E-state index is 14.2. The average molecular weight is 425 g/mol. The minimum absolute atomic E-state index is 0.120. The minimum Gasteiger partial charge on any atom is -0.295 e. The van der Waals surface area contributed by atoms with Gasteiger partial charge in [-0.3, -0.25) is 4.79 Å². The Morgan fingerprint density at radius 3 is 2.26 bits per heavy atom. The number of fused-ring (bicyclic) bond motifs is 7. The van der Waals surface area contributed by atoms with E-state index < -0.39 is 0 Å². The van der Waals surface area contributed by atoms with E-state index in [0.717, 1.165) is 5.92 Å². The summed E-state index contributed by atoms with van der Waals surface area (Å²) in [5.41, 5.74) is 2.84. The normalized spacial score (nSPS) is 55.9. The van der Waals surface area contributed by atoms with Gasteiger partial charge in [0.2, 0.25) is 0 Å². The molecule has 9 unspecified atom stereocenters. The molecule has 0 bridgehead atoms. The first-order valence-electron chi connectivity index (χ1n) is 13.6. The van der Waals surface area contributed by atoms with Crippen LogP contribution in [0, 0.1) is 56.7 Å². The lowest BCUT2D eigenvalue weighted by atomic mass is 9.33. The molecule has 1 heteroatoms. The molecule has 0 spiro atoms. The second-order valence-corrected chi connectivity index (χ2v) is 14.6. The maximum atomic E-state index is 14.2. The van der Waals surface area contributed by atoms with Crippen LogP contribution in [0.2, 0.25) is 0 Å². The molecule has 9 atom stereocenters. The molecule has 5 aliphatic rings. The van der Waals surface area contributed by atoms with Gasteiger partial charge in [-0.05, 0) is 108 Å². The second-order valence-electron chi connectivity index (χ2n) is 14.6. The Morgan fingerprint density at radius 1 is 0.839 bits per heavy atom. The highest BCUT2D eigenvalue weighted by atomic mass is 16.1. The first-order valence-corrected chi connectivity index (χ1v) is 13.6. The summed E-state index contributed by atoms with van der Waals surface area (Å²) in [4.78, 5) is 14.2. The van der Waals surface area contributed by atoms with Crippen molar-refractivity contribution in [3.63, 3.8) is 0 Å². The zero-order chi connectivity index (χ0) is 22.6. The number of allylic oxidation sites excluding steroid dienone is 2. The Hall–Kier alpha value is -0.590. The third-order valence-electron chi connectivity index (χ3n) is 12.9. The van der Waals surface area contributed by atoms with Crippen molar-refractivity contribution < 1.29 is 4.79 Å². The lowest BCUT2D eigenvalue weighted by Crippen LogP contribution is -2.65. The predicted molar refractivity (Wildman–Crippen MR) is 130 cm³/mol. The zero-order valence-electron chi connectivity index (χ0n) is 21.7. The van der Waals surface area contributed by atoms with Crippen LogP contribution in [0.4, 0.5) is 0 Å². The van der Waals surface area contributed by atoms with Crippen LogP contribution in [0.25, 0.3) is 0 Å². The summed E-state index contributed by atoms with van der Waals surface area (Å²) in [6.07, 6.45) is 14.1. The molecule has 0 radical (unpaired) electrons. The molecule has 0 aromatic rings. The molecule has 4 fully saturated rings. The lowest BCUT2D eigenvalue weighted by molar-refractivity contribution is -0.185. The molecule has 0 aromatic heterocycles. The molecule has 0 N–H and O–H groups in total. The quantitative estimate of drug-likeness (QED) is 0.382. The van der Waals surface area contributed by atoms with Crippen LogP contribution in [0.15, 0.2) is 11.6 Å². The Bertz CT molecular complexity index is 820. The third-order valence-corrected chi connectivity index (χ3v) is 12.9. The fraction of sp³-hybridized carbons (Fsp3) is 0.900. The number of ketones is 1. The van der Waals surface area contributed by atoms with Crippen LogP contribution < -0.4 is 0 Å². The van der Waals surface area contributed by atoms with Gasteiger partial charge in [0, 0.05) is 5.92 Å². The van der Waals surface area contributed by atoms with Crippen LogP contribution in [0.3, 0.4) is 0 Å². The molecule has 4 saturated carbocycles. The molecule has 5 aliphatic carbocycles. The second kappa shape index (κ2) is 6.50. The average Bonchev–Trinajstić information content (AvgIpc) is 2.66. The molecule has 0 heterocycles. The van der Waals surface area contributed by atoms with E-state index in [1.807, 2.05) is 0 Å². The van der Waals surface area contributed by atoms with Crippen LogP contribution in [0.5, 0.6) is 0 Å². The fourth-order valence-corrected chi connectivity index (χ4v) is 10.8. The molecule has 174 valence electrons. The van der Waals surface area contributed by atoms with Gasteiger partial charge in [0.15, 0.2) is 5.78 Å². The van der Waals surface area contributed by atoms with Crippen LogP contribution >= 0.6 is 0 Å². The summed E-state index contributed by atoms with van der Waals surface area (Å²) >= 11 is 0. The van der Waals surface area contributed by atoms with Crippen molar-refractivity contribution in [2.75, 3.05) is 0 Å². The zero-order valence-corrected chi connectivity index (χ0v) is 21.7. The van der Waals surface area contributed by atoms with Crippen molar-refractivity contribution in [1.29, 1.82) is 0 Å². The Labute approximate surface area is 192 Å². The highest BCUT2D eigenvalue weighted by Gasteiger charge is 2.69. The number of carbonyl (C=O) groups excluding carboxylic acids is 1. The minimum atomic E-state index is 0.120. The van der Waals surface area contributed by atoms with Crippen LogP contribution in [-0.4, -0.2) is 5.78 Å². The van der Waals surface area contributed by atoms with Crippen molar-refractivity contribution in [2.45, 2.75) is 113 Å². The van der Waals surface area contributed by atoms with Gasteiger partial charge in [-0.2, -0.15) is 0 Å². The van der Waals surface area contributed by atoms with E-state index in [4.69, 9.17) is 0 Å². The molecule has 31 heavy (non-hydrogen) atoms. The fourth-order valence-electron chi connectivity index (χ4n) is 10.8. The molecular formula is C30H48O. The summed E-state index contributed by atoms with van der Waals surface area (Å²) in [5.74, 6) is 3.48. The highest BCUT2D eigenvalue weighted by molar-refractivity contribution is 5.95. The molecule has 1 nitrogen and oxygen atoms in total. The van der Waals surface area contributed by atoms with Gasteiger partial charge in [0.05, 0.1) is 0 Å². The van der Waals surface area contributed by atoms with Gasteiger partial charge in [-0.25, -0.2) is 0 Å². The number of hydrogen-bond donors (Lipinski definition) is 0. The van der Waals surface area contributed by atoms with Crippen molar-refractivity contribution in [2.24, 2.45) is 56.7 Å². The first-order chi connectivity index (χ1) is 14.3. The van der Waals surface area contributed by atoms with Gasteiger partial charge in [0.25, 0.3) is 0 Å². The summed E-state index contributed by atoms with van der Waals surface area (Å²) in [5, 5.41) is 0. The van der Waals surface area contributed by atoms with E-state index in [9.17, 15) is 4.79 Å². The van der Waals surface area contributed by atoms with E-state index in [-0.39, 0.29) is 22.2 Å². The van der Waals surface area contributed by atoms with E-state index >= 15 is 0 Å². The smallest absolute Gasteiger partial charge is 0.159 e. The number of rotatable bonds is 0. The van der Waals surface area contributed by atoms with Crippen molar-refractivity contribution >= 4 is 5.78 Å². The Morgan fingerprint density at radius 2 is 1.55 bits per heavy atom. The molecule has 5 rings (SSSR count). The SMILES string of the molecule is CC1CCC2(C)CCC3(C)C(=CC(=O)C4C5(C)CCCC(C)(C)C5CCC43C)C2C1C. The highest BCUT2D eigenvalue weighted by Crippen LogP contribution is 2.75. The molecule has 0 aromatic carbocycles. The summed E-state index contributed by atoms with van der Waals surface area (Å²) in [6.45, 7) is 20.2. The van der Waals surface area contributed by atoms with E-state index in [1.165, 1.54) is 57.8 Å². The Kier molecular flexibility index (Phi) is 4.66. The maximum Gasteiger partial charge on any atom is 0.159 e. The van der Waals surface area contributed by atoms with Crippen LogP contribution in [-0.2, 0) is 4.79 Å². The molecular weight excluding hydrogens is 376 g/mol. The van der Waals surface area contributed by atoms with E-state index in [2.05, 4.69) is 61.5 Å². The largest absolute Gasteiger partial charge is 0.295 e.